The normalized spacial score (nSPS) is 11.5. The van der Waals surface area contributed by atoms with E-state index in [1.165, 1.54) is 19.3 Å². The van der Waals surface area contributed by atoms with Crippen LogP contribution < -0.4 is 0 Å². The lowest BCUT2D eigenvalue weighted by molar-refractivity contribution is 0.999. The van der Waals surface area contributed by atoms with Gasteiger partial charge in [0.2, 0.25) is 0 Å². The highest BCUT2D eigenvalue weighted by Gasteiger charge is 2.13. The fourth-order valence-electron chi connectivity index (χ4n) is 2.19. The van der Waals surface area contributed by atoms with Gasteiger partial charge in [0, 0.05) is 17.6 Å². The molecule has 0 aliphatic heterocycles. The van der Waals surface area contributed by atoms with E-state index in [0.717, 1.165) is 0 Å². The Labute approximate surface area is 88.3 Å². The zero-order valence-corrected chi connectivity index (χ0v) is 12.2. The molecule has 0 heterocycles. The third kappa shape index (κ3) is 7.50. The summed E-state index contributed by atoms with van der Waals surface area (Å²) in [5.41, 5.74) is 1.71. The highest BCUT2D eigenvalue weighted by atomic mass is 28.3. The average molecular weight is 216 g/mol. The Morgan fingerprint density at radius 1 is 0.923 bits per heavy atom. The van der Waals surface area contributed by atoms with Crippen LogP contribution in [0.25, 0.3) is 0 Å². The van der Waals surface area contributed by atoms with Crippen LogP contribution in [-0.2, 0) is 0 Å². The largest absolute Gasteiger partial charge is 0.0713 e. The first-order chi connectivity index (χ1) is 6.24. The lowest BCUT2D eigenvalue weighted by Gasteiger charge is -2.17. The molecule has 0 aromatic carbocycles. The van der Waals surface area contributed by atoms with Crippen molar-refractivity contribution in [2.24, 2.45) is 0 Å². The van der Waals surface area contributed by atoms with Gasteiger partial charge in [0.15, 0.2) is 0 Å². The minimum Gasteiger partial charge on any atom is -0.0713 e. The minimum absolute atomic E-state index is 0.0786. The van der Waals surface area contributed by atoms with Crippen LogP contribution >= 0.6 is 0 Å². The zero-order chi connectivity index (χ0) is 10.1. The fraction of sp³-hybridized carbons (Fsp3) is 1.00. The van der Waals surface area contributed by atoms with Gasteiger partial charge >= 0.3 is 0 Å². The van der Waals surface area contributed by atoms with E-state index in [1.807, 2.05) is 0 Å². The molecule has 0 aromatic heterocycles. The maximum atomic E-state index is 2.56. The molecule has 0 bridgehead atoms. The van der Waals surface area contributed by atoms with Gasteiger partial charge in [0.1, 0.15) is 0 Å². The van der Waals surface area contributed by atoms with Gasteiger partial charge in [-0.1, -0.05) is 70.4 Å². The molecule has 0 atom stereocenters. The lowest BCUT2D eigenvalue weighted by atomic mass is 10.6. The van der Waals surface area contributed by atoms with E-state index in [4.69, 9.17) is 0 Å². The summed E-state index contributed by atoms with van der Waals surface area (Å²) in [7, 11) is -0.199. The molecule has 0 unspecified atom stereocenters. The predicted molar refractivity (Wildman–Crippen MR) is 68.9 cm³/mol. The van der Waals surface area contributed by atoms with Gasteiger partial charge in [-0.25, -0.2) is 0 Å². The molecule has 0 nitrogen and oxygen atoms in total. The molecule has 0 saturated carbocycles. The van der Waals surface area contributed by atoms with E-state index >= 15 is 0 Å². The minimum atomic E-state index is -0.278. The van der Waals surface area contributed by atoms with Gasteiger partial charge in [-0.15, -0.1) is 0 Å². The molecule has 1 radical (unpaired) electrons. The van der Waals surface area contributed by atoms with Crippen molar-refractivity contribution < 1.29 is 0 Å². The molecule has 0 fully saturated rings. The van der Waals surface area contributed by atoms with E-state index in [2.05, 4.69) is 27.3 Å². The van der Waals surface area contributed by atoms with Crippen LogP contribution in [0.2, 0.25) is 30.3 Å². The first-order valence-electron chi connectivity index (χ1n) is 6.05. The van der Waals surface area contributed by atoms with E-state index < -0.39 is 0 Å². The van der Waals surface area contributed by atoms with Crippen molar-refractivity contribution in [1.29, 1.82) is 0 Å². The Bertz CT molecular complexity index is 98.3. The van der Waals surface area contributed by atoms with Crippen molar-refractivity contribution >= 4 is 17.6 Å². The molecule has 0 saturated heterocycles. The van der Waals surface area contributed by atoms with Crippen molar-refractivity contribution in [3.63, 3.8) is 0 Å². The molecule has 0 aliphatic rings. The highest BCUT2D eigenvalue weighted by molar-refractivity contribution is 6.76. The van der Waals surface area contributed by atoms with Gasteiger partial charge in [0.05, 0.1) is 0 Å². The summed E-state index contributed by atoms with van der Waals surface area (Å²) in [5.74, 6) is 0. The van der Waals surface area contributed by atoms with Gasteiger partial charge in [-0.05, 0) is 0 Å². The Morgan fingerprint density at radius 2 is 1.46 bits per heavy atom. The van der Waals surface area contributed by atoms with Crippen LogP contribution in [-0.4, -0.2) is 17.6 Å². The van der Waals surface area contributed by atoms with E-state index in [9.17, 15) is 0 Å². The molecule has 2 heteroatoms. The van der Waals surface area contributed by atoms with E-state index in [-0.39, 0.29) is 17.6 Å². The smallest absolute Gasteiger partial charge is 0.0415 e. The zero-order valence-electron chi connectivity index (χ0n) is 10.0. The predicted octanol–water partition coefficient (Wildman–Crippen LogP) is 4.11. The van der Waals surface area contributed by atoms with Crippen molar-refractivity contribution in [3.05, 3.63) is 0 Å². The molecular weight excluding hydrogens is 188 g/mol. The maximum Gasteiger partial charge on any atom is 0.0415 e. The second-order valence-corrected chi connectivity index (χ2v) is 11.3. The summed E-state index contributed by atoms with van der Waals surface area (Å²) in [6, 6.07) is 4.78. The van der Waals surface area contributed by atoms with Crippen LogP contribution in [0.4, 0.5) is 0 Å². The maximum absolute atomic E-state index is 2.56. The highest BCUT2D eigenvalue weighted by Crippen LogP contribution is 2.14. The van der Waals surface area contributed by atoms with Gasteiger partial charge < -0.3 is 0 Å². The molecule has 0 spiro atoms. The monoisotopic (exact) mass is 215 g/mol. The second-order valence-electron chi connectivity index (χ2n) is 4.35. The van der Waals surface area contributed by atoms with Gasteiger partial charge in [-0.3, -0.25) is 0 Å². The number of rotatable bonds is 8. The quantitative estimate of drug-likeness (QED) is 0.535. The fourth-order valence-corrected chi connectivity index (χ4v) is 11.4. The number of hydrogen-bond acceptors (Lipinski definition) is 0. The van der Waals surface area contributed by atoms with Crippen LogP contribution in [0.15, 0.2) is 0 Å². The molecule has 0 amide bonds. The average Bonchev–Trinajstić information content (AvgIpc) is 2.05. The van der Waals surface area contributed by atoms with Crippen LogP contribution in [0.1, 0.15) is 40.0 Å². The van der Waals surface area contributed by atoms with Crippen molar-refractivity contribution in [1.82, 2.24) is 0 Å². The Hall–Kier alpha value is 0.434. The second kappa shape index (κ2) is 9.01. The van der Waals surface area contributed by atoms with Crippen LogP contribution in [0, 0.1) is 0 Å². The summed E-state index contributed by atoms with van der Waals surface area (Å²) in [5, 5.41) is 0. The van der Waals surface area contributed by atoms with Crippen molar-refractivity contribution in [3.8, 4) is 0 Å². The van der Waals surface area contributed by atoms with Gasteiger partial charge in [0.25, 0.3) is 0 Å². The van der Waals surface area contributed by atoms with E-state index in [0.29, 0.717) is 0 Å². The first-order valence-corrected chi connectivity index (χ1v) is 10.9. The molecule has 0 N–H and O–H groups in total. The topological polar surface area (TPSA) is 0 Å². The molecular formula is C11H27Si2. The molecule has 0 aliphatic carbocycles. The number of hydrogen-bond donors (Lipinski definition) is 0. The summed E-state index contributed by atoms with van der Waals surface area (Å²) in [6.45, 7) is 9.61. The first kappa shape index (κ1) is 13.4. The standard InChI is InChI=1S/C11H27Si2/c1-5-8-12(4)11-13(9-6-2)10-7-3/h13H,5-11H2,1-4H3. The summed E-state index contributed by atoms with van der Waals surface area (Å²) >= 11 is 0. The Kier molecular flexibility index (Phi) is 9.31. The Balaban J connectivity index is 3.64. The third-order valence-corrected chi connectivity index (χ3v) is 11.9. The van der Waals surface area contributed by atoms with Crippen LogP contribution in [0.5, 0.6) is 0 Å². The summed E-state index contributed by atoms with van der Waals surface area (Å²) in [6.07, 6.45) is 4.31. The molecule has 0 rings (SSSR count). The van der Waals surface area contributed by atoms with Gasteiger partial charge in [-0.2, -0.15) is 0 Å². The van der Waals surface area contributed by atoms with Crippen molar-refractivity contribution in [2.45, 2.75) is 70.4 Å². The van der Waals surface area contributed by atoms with E-state index in [1.54, 1.807) is 23.8 Å². The molecule has 13 heavy (non-hydrogen) atoms. The van der Waals surface area contributed by atoms with Crippen LogP contribution in [0.3, 0.4) is 0 Å². The Morgan fingerprint density at radius 3 is 1.85 bits per heavy atom. The molecule has 0 aromatic rings. The third-order valence-electron chi connectivity index (χ3n) is 2.71. The lowest BCUT2D eigenvalue weighted by Crippen LogP contribution is -2.21. The summed E-state index contributed by atoms with van der Waals surface area (Å²) < 4.78 is 0. The molecule has 79 valence electrons. The summed E-state index contributed by atoms with van der Waals surface area (Å²) in [4.78, 5) is 0. The SMILES string of the molecule is CCC[Si](C)C[SiH](CCC)CCC. The van der Waals surface area contributed by atoms with Crippen molar-refractivity contribution in [2.75, 3.05) is 0 Å².